The first kappa shape index (κ1) is 22.8. The van der Waals surface area contributed by atoms with Gasteiger partial charge in [0.1, 0.15) is 0 Å². The zero-order valence-corrected chi connectivity index (χ0v) is 18.9. The summed E-state index contributed by atoms with van der Waals surface area (Å²) in [5.41, 5.74) is 3.00. The van der Waals surface area contributed by atoms with Crippen LogP contribution in [0.5, 0.6) is 0 Å². The molecule has 166 valence electrons. The molecule has 3 rings (SSSR count). The lowest BCUT2D eigenvalue weighted by Gasteiger charge is -2.21. The number of nitrogens with zero attached hydrogens (tertiary/aromatic N) is 3. The number of benzene rings is 2. The lowest BCUT2D eigenvalue weighted by molar-refractivity contribution is 0.0827. The van der Waals surface area contributed by atoms with E-state index in [1.54, 1.807) is 19.0 Å². The van der Waals surface area contributed by atoms with Crippen molar-refractivity contribution in [2.24, 2.45) is 10.9 Å². The zero-order chi connectivity index (χ0) is 22.1. The van der Waals surface area contributed by atoms with Crippen molar-refractivity contribution in [1.82, 2.24) is 15.1 Å². The summed E-state index contributed by atoms with van der Waals surface area (Å²) in [4.78, 5) is 20.8. The van der Waals surface area contributed by atoms with Gasteiger partial charge < -0.3 is 19.9 Å². The maximum atomic E-state index is 12.0. The van der Waals surface area contributed by atoms with E-state index in [-0.39, 0.29) is 5.91 Å². The maximum absolute atomic E-state index is 12.0. The molecule has 0 radical (unpaired) electrons. The van der Waals surface area contributed by atoms with E-state index in [0.717, 1.165) is 44.2 Å². The van der Waals surface area contributed by atoms with Crippen LogP contribution in [0.25, 0.3) is 0 Å². The molecule has 1 amide bonds. The summed E-state index contributed by atoms with van der Waals surface area (Å²) < 4.78 is 5.95. The Hall–Kier alpha value is -2.86. The summed E-state index contributed by atoms with van der Waals surface area (Å²) in [5.74, 6) is 1.48. The molecule has 1 saturated heterocycles. The first-order valence-corrected chi connectivity index (χ1v) is 11.0. The van der Waals surface area contributed by atoms with Crippen molar-refractivity contribution in [3.05, 3.63) is 71.3 Å². The minimum atomic E-state index is 0.0148. The SMILES string of the molecule is CCNC(=NCc1ccc(C(=O)N(C)C)cc1)N1CCC(COCc2ccccc2)C1. The van der Waals surface area contributed by atoms with E-state index in [0.29, 0.717) is 24.6 Å². The molecular weight excluding hydrogens is 388 g/mol. The monoisotopic (exact) mass is 422 g/mol. The van der Waals surface area contributed by atoms with E-state index < -0.39 is 0 Å². The van der Waals surface area contributed by atoms with E-state index in [9.17, 15) is 4.79 Å². The summed E-state index contributed by atoms with van der Waals surface area (Å²) in [5, 5.41) is 3.42. The van der Waals surface area contributed by atoms with Crippen molar-refractivity contribution in [2.45, 2.75) is 26.5 Å². The van der Waals surface area contributed by atoms with Crippen molar-refractivity contribution >= 4 is 11.9 Å². The van der Waals surface area contributed by atoms with Crippen LogP contribution in [0.15, 0.2) is 59.6 Å². The number of amides is 1. The summed E-state index contributed by atoms with van der Waals surface area (Å²) >= 11 is 0. The van der Waals surface area contributed by atoms with Crippen LogP contribution < -0.4 is 5.32 Å². The third-order valence-electron chi connectivity index (χ3n) is 5.40. The van der Waals surface area contributed by atoms with Gasteiger partial charge >= 0.3 is 0 Å². The van der Waals surface area contributed by atoms with Gasteiger partial charge in [-0.25, -0.2) is 4.99 Å². The Morgan fingerprint density at radius 1 is 1.13 bits per heavy atom. The molecule has 31 heavy (non-hydrogen) atoms. The van der Waals surface area contributed by atoms with Crippen molar-refractivity contribution in [3.8, 4) is 0 Å². The normalized spacial score (nSPS) is 16.4. The zero-order valence-electron chi connectivity index (χ0n) is 18.9. The molecule has 6 nitrogen and oxygen atoms in total. The Kier molecular flexibility index (Phi) is 8.47. The predicted octanol–water partition coefficient (Wildman–Crippen LogP) is 3.39. The highest BCUT2D eigenvalue weighted by Crippen LogP contribution is 2.18. The molecule has 2 aromatic carbocycles. The molecule has 1 unspecified atom stereocenters. The molecule has 0 bridgehead atoms. The van der Waals surface area contributed by atoms with Gasteiger partial charge in [0.25, 0.3) is 5.91 Å². The molecule has 0 aromatic heterocycles. The van der Waals surface area contributed by atoms with Crippen molar-refractivity contribution in [3.63, 3.8) is 0 Å². The molecule has 1 N–H and O–H groups in total. The molecule has 1 aliphatic heterocycles. The van der Waals surface area contributed by atoms with Crippen LogP contribution >= 0.6 is 0 Å². The second-order valence-corrected chi connectivity index (χ2v) is 8.17. The van der Waals surface area contributed by atoms with Gasteiger partial charge in [0.2, 0.25) is 0 Å². The van der Waals surface area contributed by atoms with Crippen LogP contribution in [0.2, 0.25) is 0 Å². The van der Waals surface area contributed by atoms with Crippen LogP contribution in [0.3, 0.4) is 0 Å². The Labute approximate surface area is 185 Å². The topological polar surface area (TPSA) is 57.2 Å². The number of likely N-dealkylation sites (tertiary alicyclic amines) is 1. The van der Waals surface area contributed by atoms with Crippen molar-refractivity contribution in [1.29, 1.82) is 0 Å². The quantitative estimate of drug-likeness (QED) is 0.523. The van der Waals surface area contributed by atoms with E-state index in [2.05, 4.69) is 29.3 Å². The minimum Gasteiger partial charge on any atom is -0.376 e. The average molecular weight is 423 g/mol. The third-order valence-corrected chi connectivity index (χ3v) is 5.40. The van der Waals surface area contributed by atoms with Gasteiger partial charge in [-0.3, -0.25) is 4.79 Å². The van der Waals surface area contributed by atoms with E-state index in [4.69, 9.17) is 9.73 Å². The third kappa shape index (κ3) is 6.82. The number of aliphatic imine (C=N–C) groups is 1. The number of hydrogen-bond donors (Lipinski definition) is 1. The first-order valence-electron chi connectivity index (χ1n) is 11.0. The van der Waals surface area contributed by atoms with E-state index in [1.165, 1.54) is 5.56 Å². The van der Waals surface area contributed by atoms with Gasteiger partial charge in [-0.1, -0.05) is 42.5 Å². The van der Waals surface area contributed by atoms with Gasteiger partial charge in [-0.05, 0) is 36.6 Å². The molecule has 0 spiro atoms. The summed E-state index contributed by atoms with van der Waals surface area (Å²) in [6, 6.07) is 18.0. The Morgan fingerprint density at radius 2 is 1.87 bits per heavy atom. The number of carbonyl (C=O) groups excluding carboxylic acids is 1. The van der Waals surface area contributed by atoms with E-state index in [1.807, 2.05) is 42.5 Å². The van der Waals surface area contributed by atoms with Gasteiger partial charge in [-0.15, -0.1) is 0 Å². The highest BCUT2D eigenvalue weighted by Gasteiger charge is 2.25. The lowest BCUT2D eigenvalue weighted by atomic mass is 10.1. The smallest absolute Gasteiger partial charge is 0.253 e. The van der Waals surface area contributed by atoms with E-state index >= 15 is 0 Å². The van der Waals surface area contributed by atoms with Crippen LogP contribution in [0.4, 0.5) is 0 Å². The number of ether oxygens (including phenoxy) is 1. The standard InChI is InChI=1S/C25H34N4O2/c1-4-26-25(27-16-20-10-12-23(13-11-20)24(30)28(2)3)29-15-14-22(17-29)19-31-18-21-8-6-5-7-9-21/h5-13,22H,4,14-19H2,1-3H3,(H,26,27). The Morgan fingerprint density at radius 3 is 2.55 bits per heavy atom. The molecule has 2 aromatic rings. The van der Waals surface area contributed by atoms with Crippen molar-refractivity contribution < 1.29 is 9.53 Å². The molecule has 1 fully saturated rings. The largest absolute Gasteiger partial charge is 0.376 e. The summed E-state index contributed by atoms with van der Waals surface area (Å²) in [7, 11) is 3.53. The molecule has 0 saturated carbocycles. The van der Waals surface area contributed by atoms with Crippen LogP contribution in [-0.2, 0) is 17.9 Å². The highest BCUT2D eigenvalue weighted by atomic mass is 16.5. The molecule has 1 aliphatic rings. The van der Waals surface area contributed by atoms with Gasteiger partial charge in [0.05, 0.1) is 19.8 Å². The average Bonchev–Trinajstić information content (AvgIpc) is 3.26. The molecule has 1 atom stereocenters. The van der Waals surface area contributed by atoms with Crippen LogP contribution in [0.1, 0.15) is 34.8 Å². The summed E-state index contributed by atoms with van der Waals surface area (Å²) in [6.45, 7) is 6.89. The lowest BCUT2D eigenvalue weighted by Crippen LogP contribution is -2.40. The fourth-order valence-electron chi connectivity index (χ4n) is 3.68. The van der Waals surface area contributed by atoms with Gasteiger partial charge in [-0.2, -0.15) is 0 Å². The highest BCUT2D eigenvalue weighted by molar-refractivity contribution is 5.93. The summed E-state index contributed by atoms with van der Waals surface area (Å²) in [6.07, 6.45) is 1.11. The Balaban J connectivity index is 1.51. The minimum absolute atomic E-state index is 0.0148. The molecule has 6 heteroatoms. The van der Waals surface area contributed by atoms with Gasteiger partial charge in [0, 0.05) is 45.2 Å². The number of carbonyl (C=O) groups is 1. The van der Waals surface area contributed by atoms with Gasteiger partial charge in [0.15, 0.2) is 5.96 Å². The first-order chi connectivity index (χ1) is 15.1. The van der Waals surface area contributed by atoms with Crippen LogP contribution in [-0.4, -0.2) is 62.0 Å². The molecule has 1 heterocycles. The van der Waals surface area contributed by atoms with Crippen molar-refractivity contribution in [2.75, 3.05) is 40.3 Å². The maximum Gasteiger partial charge on any atom is 0.253 e. The fourth-order valence-corrected chi connectivity index (χ4v) is 3.68. The number of guanidine groups is 1. The molecule has 0 aliphatic carbocycles. The molecular formula is C25H34N4O2. The predicted molar refractivity (Wildman–Crippen MR) is 125 cm³/mol. The fraction of sp³-hybridized carbons (Fsp3) is 0.440. The van der Waals surface area contributed by atoms with Crippen LogP contribution in [0, 0.1) is 5.92 Å². The second-order valence-electron chi connectivity index (χ2n) is 8.17. The number of rotatable bonds is 8. The Bertz CT molecular complexity index is 850. The second kappa shape index (κ2) is 11.5. The number of nitrogens with one attached hydrogen (secondary N) is 1. The number of hydrogen-bond acceptors (Lipinski definition) is 3.